The van der Waals surface area contributed by atoms with Crippen molar-refractivity contribution in [2.45, 2.75) is 29.4 Å². The fourth-order valence-electron chi connectivity index (χ4n) is 3.63. The van der Waals surface area contributed by atoms with Gasteiger partial charge in [0.05, 0.1) is 17.1 Å². The molecule has 0 aliphatic carbocycles. The van der Waals surface area contributed by atoms with E-state index in [1.807, 2.05) is 24.3 Å². The summed E-state index contributed by atoms with van der Waals surface area (Å²) in [7, 11) is -2.96. The molecule has 0 bridgehead atoms. The first-order valence-electron chi connectivity index (χ1n) is 9.59. The van der Waals surface area contributed by atoms with Crippen LogP contribution in [0.25, 0.3) is 0 Å². The Morgan fingerprint density at radius 3 is 2.52 bits per heavy atom. The number of nitrogens with one attached hydrogen (secondary N) is 1. The molecule has 0 spiro atoms. The van der Waals surface area contributed by atoms with Crippen molar-refractivity contribution < 1.29 is 18.0 Å². The van der Waals surface area contributed by atoms with Crippen LogP contribution in [0.2, 0.25) is 0 Å². The number of sulfone groups is 1. The zero-order chi connectivity index (χ0) is 20.4. The first kappa shape index (κ1) is 20.0. The van der Waals surface area contributed by atoms with Crippen molar-refractivity contribution in [2.24, 2.45) is 0 Å². The lowest BCUT2D eigenvalue weighted by Gasteiger charge is -2.16. The summed E-state index contributed by atoms with van der Waals surface area (Å²) < 4.78 is 23.4. The molecule has 2 saturated heterocycles. The average molecular weight is 431 g/mol. The number of nitrogens with zero attached hydrogens (tertiary/aromatic N) is 1. The molecule has 4 rings (SSSR count). The zero-order valence-electron chi connectivity index (χ0n) is 15.8. The van der Waals surface area contributed by atoms with E-state index in [1.165, 1.54) is 11.8 Å². The highest BCUT2D eigenvalue weighted by molar-refractivity contribution is 8.02. The molecule has 2 aliphatic rings. The summed E-state index contributed by atoms with van der Waals surface area (Å²) in [6, 6.07) is 14.5. The summed E-state index contributed by atoms with van der Waals surface area (Å²) in [5.41, 5.74) is 2.01. The predicted octanol–water partition coefficient (Wildman–Crippen LogP) is 3.34. The molecule has 2 fully saturated rings. The molecule has 2 aromatic carbocycles. The van der Waals surface area contributed by atoms with Crippen LogP contribution >= 0.6 is 11.8 Å². The van der Waals surface area contributed by atoms with Gasteiger partial charge in [0.1, 0.15) is 0 Å². The van der Waals surface area contributed by atoms with E-state index in [4.69, 9.17) is 0 Å². The van der Waals surface area contributed by atoms with Gasteiger partial charge in [0.15, 0.2) is 9.84 Å². The Morgan fingerprint density at radius 2 is 1.86 bits per heavy atom. The quantitative estimate of drug-likeness (QED) is 0.787. The number of thioether (sulfide) groups is 1. The summed E-state index contributed by atoms with van der Waals surface area (Å²) in [5.74, 6) is 0.260. The van der Waals surface area contributed by atoms with Crippen LogP contribution < -0.4 is 10.2 Å². The third kappa shape index (κ3) is 4.64. The van der Waals surface area contributed by atoms with Crippen LogP contribution in [0.3, 0.4) is 0 Å². The van der Waals surface area contributed by atoms with Gasteiger partial charge in [-0.05, 0) is 49.2 Å². The lowest BCUT2D eigenvalue weighted by atomic mass is 10.2. The Labute approximate surface area is 174 Å². The van der Waals surface area contributed by atoms with Gasteiger partial charge in [0, 0.05) is 34.5 Å². The van der Waals surface area contributed by atoms with E-state index in [0.29, 0.717) is 24.1 Å². The van der Waals surface area contributed by atoms with Crippen molar-refractivity contribution in [3.05, 3.63) is 54.1 Å². The summed E-state index contributed by atoms with van der Waals surface area (Å²) in [6.07, 6.45) is 2.06. The molecule has 29 heavy (non-hydrogen) atoms. The van der Waals surface area contributed by atoms with E-state index in [0.717, 1.165) is 23.5 Å². The van der Waals surface area contributed by atoms with Crippen LogP contribution in [0, 0.1) is 0 Å². The van der Waals surface area contributed by atoms with E-state index in [1.54, 1.807) is 29.2 Å². The molecule has 2 amide bonds. The molecule has 152 valence electrons. The third-order valence-corrected chi connectivity index (χ3v) is 8.45. The topological polar surface area (TPSA) is 83.6 Å². The first-order valence-corrected chi connectivity index (χ1v) is 12.3. The van der Waals surface area contributed by atoms with Crippen molar-refractivity contribution in [3.8, 4) is 0 Å². The molecular formula is C21H22N2O4S2. The maximum absolute atomic E-state index is 12.8. The highest BCUT2D eigenvalue weighted by atomic mass is 32.2. The van der Waals surface area contributed by atoms with Crippen molar-refractivity contribution >= 4 is 44.8 Å². The maximum atomic E-state index is 12.8. The van der Waals surface area contributed by atoms with Gasteiger partial charge in [-0.3, -0.25) is 9.59 Å². The predicted molar refractivity (Wildman–Crippen MR) is 115 cm³/mol. The molecule has 0 saturated carbocycles. The van der Waals surface area contributed by atoms with Crippen LogP contribution in [0.1, 0.15) is 29.6 Å². The van der Waals surface area contributed by atoms with Gasteiger partial charge in [0.2, 0.25) is 5.91 Å². The number of hydrogen-bond acceptors (Lipinski definition) is 5. The Kier molecular flexibility index (Phi) is 5.65. The lowest BCUT2D eigenvalue weighted by molar-refractivity contribution is -0.117. The molecule has 2 aromatic rings. The van der Waals surface area contributed by atoms with Crippen LogP contribution in [0.4, 0.5) is 11.4 Å². The van der Waals surface area contributed by atoms with Crippen LogP contribution in [0.5, 0.6) is 0 Å². The van der Waals surface area contributed by atoms with Crippen molar-refractivity contribution in [1.29, 1.82) is 0 Å². The normalized spacial score (nSPS) is 20.8. The summed E-state index contributed by atoms with van der Waals surface area (Å²) in [4.78, 5) is 27.2. The van der Waals surface area contributed by atoms with Crippen LogP contribution in [-0.2, 0) is 14.6 Å². The zero-order valence-corrected chi connectivity index (χ0v) is 17.5. The fourth-order valence-corrected chi connectivity index (χ4v) is 7.26. The molecule has 0 unspecified atom stereocenters. The highest BCUT2D eigenvalue weighted by Crippen LogP contribution is 2.33. The largest absolute Gasteiger partial charge is 0.322 e. The van der Waals surface area contributed by atoms with Gasteiger partial charge in [0.25, 0.3) is 5.91 Å². The SMILES string of the molecule is O=C(Nc1ccc(N2CCCC2=O)cc1)c1ccccc1S[C@H]1CCS(=O)(=O)C1. The fraction of sp³-hybridized carbons (Fsp3) is 0.333. The Morgan fingerprint density at radius 1 is 1.10 bits per heavy atom. The van der Waals surface area contributed by atoms with Gasteiger partial charge >= 0.3 is 0 Å². The van der Waals surface area contributed by atoms with E-state index in [9.17, 15) is 18.0 Å². The van der Waals surface area contributed by atoms with E-state index < -0.39 is 9.84 Å². The van der Waals surface area contributed by atoms with Gasteiger partial charge in [-0.1, -0.05) is 12.1 Å². The number of benzene rings is 2. The summed E-state index contributed by atoms with van der Waals surface area (Å²) in [6.45, 7) is 0.728. The highest BCUT2D eigenvalue weighted by Gasteiger charge is 2.29. The Balaban J connectivity index is 1.45. The van der Waals surface area contributed by atoms with Gasteiger partial charge in [-0.15, -0.1) is 11.8 Å². The van der Waals surface area contributed by atoms with Crippen LogP contribution in [0.15, 0.2) is 53.4 Å². The summed E-state index contributed by atoms with van der Waals surface area (Å²) in [5, 5.41) is 2.87. The number of amides is 2. The van der Waals surface area contributed by atoms with Gasteiger partial charge < -0.3 is 10.2 Å². The maximum Gasteiger partial charge on any atom is 0.256 e. The van der Waals surface area contributed by atoms with Crippen molar-refractivity contribution in [1.82, 2.24) is 0 Å². The average Bonchev–Trinajstić information content (AvgIpc) is 3.27. The molecule has 1 N–H and O–H groups in total. The number of carbonyl (C=O) groups is 2. The first-order chi connectivity index (χ1) is 13.9. The molecule has 2 heterocycles. The smallest absolute Gasteiger partial charge is 0.256 e. The minimum atomic E-state index is -2.96. The second-order valence-electron chi connectivity index (χ2n) is 7.29. The van der Waals surface area contributed by atoms with Gasteiger partial charge in [-0.25, -0.2) is 8.42 Å². The molecular weight excluding hydrogens is 408 g/mol. The number of hydrogen-bond donors (Lipinski definition) is 1. The standard InChI is InChI=1S/C21H22N2O4S2/c24-20-6-3-12-23(20)16-9-7-15(8-10-16)22-21(25)18-4-1-2-5-19(18)28-17-11-13-29(26,27)14-17/h1-2,4-5,7-10,17H,3,6,11-14H2,(H,22,25)/t17-/m0/s1. The number of anilines is 2. The second kappa shape index (κ2) is 8.20. The Bertz CT molecular complexity index is 1030. The number of carbonyl (C=O) groups excluding carboxylic acids is 2. The molecule has 8 heteroatoms. The molecule has 2 aliphatic heterocycles. The Hall–Kier alpha value is -2.32. The minimum absolute atomic E-state index is 0.0220. The lowest BCUT2D eigenvalue weighted by Crippen LogP contribution is -2.23. The number of rotatable bonds is 5. The van der Waals surface area contributed by atoms with Crippen molar-refractivity contribution in [2.75, 3.05) is 28.3 Å². The van der Waals surface area contributed by atoms with E-state index in [-0.39, 0.29) is 28.6 Å². The molecule has 0 radical (unpaired) electrons. The molecule has 1 atom stereocenters. The monoisotopic (exact) mass is 430 g/mol. The minimum Gasteiger partial charge on any atom is -0.322 e. The van der Waals surface area contributed by atoms with E-state index in [2.05, 4.69) is 5.32 Å². The molecule has 0 aromatic heterocycles. The van der Waals surface area contributed by atoms with Gasteiger partial charge in [-0.2, -0.15) is 0 Å². The molecule has 6 nitrogen and oxygen atoms in total. The third-order valence-electron chi connectivity index (χ3n) is 5.13. The van der Waals surface area contributed by atoms with Crippen molar-refractivity contribution in [3.63, 3.8) is 0 Å². The second-order valence-corrected chi connectivity index (χ2v) is 10.9. The van der Waals surface area contributed by atoms with Crippen LogP contribution in [-0.4, -0.2) is 43.5 Å². The van der Waals surface area contributed by atoms with E-state index >= 15 is 0 Å². The summed E-state index contributed by atoms with van der Waals surface area (Å²) >= 11 is 1.45.